The van der Waals surface area contributed by atoms with Crippen LogP contribution in [0.3, 0.4) is 0 Å². The van der Waals surface area contributed by atoms with Crippen molar-refractivity contribution in [1.29, 1.82) is 0 Å². The van der Waals surface area contributed by atoms with Crippen molar-refractivity contribution in [3.05, 3.63) is 59.7 Å². The number of ether oxygens (including phenoxy) is 1. The SMILES string of the molecule is COc1ccccc1CC(=O)Nc1cccc(C(C)N)c1. The molecule has 2 aromatic carbocycles. The van der Waals surface area contributed by atoms with Gasteiger partial charge in [0.1, 0.15) is 5.75 Å². The number of carbonyl (C=O) groups is 1. The van der Waals surface area contributed by atoms with Crippen LogP contribution >= 0.6 is 0 Å². The Balaban J connectivity index is 2.06. The second-order valence-corrected chi connectivity index (χ2v) is 4.95. The summed E-state index contributed by atoms with van der Waals surface area (Å²) in [6, 6.07) is 15.0. The van der Waals surface area contributed by atoms with E-state index in [-0.39, 0.29) is 18.4 Å². The Bertz CT molecular complexity index is 624. The number of amides is 1. The van der Waals surface area contributed by atoms with Crippen molar-refractivity contribution >= 4 is 11.6 Å². The highest BCUT2D eigenvalue weighted by Crippen LogP contribution is 2.19. The molecule has 4 nitrogen and oxygen atoms in total. The summed E-state index contributed by atoms with van der Waals surface area (Å²) in [6.07, 6.45) is 0.270. The van der Waals surface area contributed by atoms with Crippen molar-refractivity contribution in [2.45, 2.75) is 19.4 Å². The van der Waals surface area contributed by atoms with Crippen LogP contribution in [-0.4, -0.2) is 13.0 Å². The third-order valence-electron chi connectivity index (χ3n) is 3.24. The fraction of sp³-hybridized carbons (Fsp3) is 0.235. The highest BCUT2D eigenvalue weighted by Gasteiger charge is 2.09. The Labute approximate surface area is 124 Å². The summed E-state index contributed by atoms with van der Waals surface area (Å²) in [4.78, 5) is 12.1. The number of para-hydroxylation sites is 1. The number of methoxy groups -OCH3 is 1. The molecule has 0 radical (unpaired) electrons. The summed E-state index contributed by atoms with van der Waals surface area (Å²) in [5.41, 5.74) is 8.45. The first-order valence-electron chi connectivity index (χ1n) is 6.87. The summed E-state index contributed by atoms with van der Waals surface area (Å²) in [7, 11) is 1.60. The van der Waals surface area contributed by atoms with Gasteiger partial charge in [0.15, 0.2) is 0 Å². The highest BCUT2D eigenvalue weighted by molar-refractivity contribution is 5.92. The highest BCUT2D eigenvalue weighted by atomic mass is 16.5. The van der Waals surface area contributed by atoms with E-state index >= 15 is 0 Å². The minimum Gasteiger partial charge on any atom is -0.496 e. The monoisotopic (exact) mass is 284 g/mol. The van der Waals surface area contributed by atoms with Crippen LogP contribution in [0.25, 0.3) is 0 Å². The molecule has 1 atom stereocenters. The van der Waals surface area contributed by atoms with Crippen LogP contribution in [0.15, 0.2) is 48.5 Å². The number of hydrogen-bond donors (Lipinski definition) is 2. The number of nitrogens with two attached hydrogens (primary N) is 1. The van der Waals surface area contributed by atoms with Gasteiger partial charge in [0.05, 0.1) is 13.5 Å². The zero-order chi connectivity index (χ0) is 15.2. The van der Waals surface area contributed by atoms with E-state index in [4.69, 9.17) is 10.5 Å². The first kappa shape index (κ1) is 15.1. The standard InChI is InChI=1S/C17H20N2O2/c1-12(18)13-7-5-8-15(10-13)19-17(20)11-14-6-3-4-9-16(14)21-2/h3-10,12H,11,18H2,1-2H3,(H,19,20). The summed E-state index contributed by atoms with van der Waals surface area (Å²) in [5, 5.41) is 2.89. The van der Waals surface area contributed by atoms with Crippen LogP contribution in [0.2, 0.25) is 0 Å². The molecule has 21 heavy (non-hydrogen) atoms. The fourth-order valence-corrected chi connectivity index (χ4v) is 2.13. The molecule has 2 aromatic rings. The van der Waals surface area contributed by atoms with Gasteiger partial charge in [-0.1, -0.05) is 30.3 Å². The van der Waals surface area contributed by atoms with Gasteiger partial charge in [0, 0.05) is 17.3 Å². The third kappa shape index (κ3) is 4.07. The van der Waals surface area contributed by atoms with E-state index < -0.39 is 0 Å². The predicted molar refractivity (Wildman–Crippen MR) is 84.4 cm³/mol. The van der Waals surface area contributed by atoms with Gasteiger partial charge in [0.2, 0.25) is 5.91 Å². The molecule has 0 aliphatic carbocycles. The lowest BCUT2D eigenvalue weighted by Gasteiger charge is -2.11. The van der Waals surface area contributed by atoms with Gasteiger partial charge in [-0.15, -0.1) is 0 Å². The molecule has 110 valence electrons. The lowest BCUT2D eigenvalue weighted by Crippen LogP contribution is -2.15. The van der Waals surface area contributed by atoms with Crippen molar-refractivity contribution in [3.63, 3.8) is 0 Å². The summed E-state index contributed by atoms with van der Waals surface area (Å²) in [5.74, 6) is 0.637. The number of benzene rings is 2. The summed E-state index contributed by atoms with van der Waals surface area (Å²) >= 11 is 0. The number of hydrogen-bond acceptors (Lipinski definition) is 3. The second-order valence-electron chi connectivity index (χ2n) is 4.95. The van der Waals surface area contributed by atoms with Gasteiger partial charge in [-0.3, -0.25) is 4.79 Å². The van der Waals surface area contributed by atoms with Gasteiger partial charge in [0.25, 0.3) is 0 Å². The fourth-order valence-electron chi connectivity index (χ4n) is 2.13. The Hall–Kier alpha value is -2.33. The maximum atomic E-state index is 12.1. The smallest absolute Gasteiger partial charge is 0.228 e. The molecule has 1 amide bonds. The molecule has 4 heteroatoms. The van der Waals surface area contributed by atoms with E-state index in [2.05, 4.69) is 5.32 Å². The number of rotatable bonds is 5. The second kappa shape index (κ2) is 6.90. The molecular formula is C17H20N2O2. The molecule has 0 aliphatic heterocycles. The molecule has 0 saturated heterocycles. The quantitative estimate of drug-likeness (QED) is 0.887. The molecule has 0 bridgehead atoms. The van der Waals surface area contributed by atoms with Crippen molar-refractivity contribution in [2.24, 2.45) is 5.73 Å². The van der Waals surface area contributed by atoms with Gasteiger partial charge in [-0.05, 0) is 30.7 Å². The lowest BCUT2D eigenvalue weighted by atomic mass is 10.1. The largest absolute Gasteiger partial charge is 0.496 e. The summed E-state index contributed by atoms with van der Waals surface area (Å²) < 4.78 is 5.25. The van der Waals surface area contributed by atoms with Crippen molar-refractivity contribution in [2.75, 3.05) is 12.4 Å². The van der Waals surface area contributed by atoms with Gasteiger partial charge >= 0.3 is 0 Å². The molecule has 0 aliphatic rings. The normalized spacial score (nSPS) is 11.8. The molecule has 1 unspecified atom stereocenters. The van der Waals surface area contributed by atoms with Crippen LogP contribution in [0.1, 0.15) is 24.1 Å². The van der Waals surface area contributed by atoms with E-state index in [1.807, 2.05) is 55.5 Å². The lowest BCUT2D eigenvalue weighted by molar-refractivity contribution is -0.115. The minimum atomic E-state index is -0.0821. The van der Waals surface area contributed by atoms with Crippen LogP contribution < -0.4 is 15.8 Å². The van der Waals surface area contributed by atoms with Crippen LogP contribution in [0.4, 0.5) is 5.69 Å². The molecule has 2 rings (SSSR count). The van der Waals surface area contributed by atoms with Crippen molar-refractivity contribution in [1.82, 2.24) is 0 Å². The zero-order valence-electron chi connectivity index (χ0n) is 12.3. The number of anilines is 1. The van der Waals surface area contributed by atoms with Gasteiger partial charge < -0.3 is 15.8 Å². The molecule has 0 aromatic heterocycles. The van der Waals surface area contributed by atoms with E-state index in [0.29, 0.717) is 0 Å². The molecule has 0 fully saturated rings. The molecule has 0 saturated carbocycles. The van der Waals surface area contributed by atoms with Gasteiger partial charge in [-0.2, -0.15) is 0 Å². The first-order chi connectivity index (χ1) is 10.1. The van der Waals surface area contributed by atoms with E-state index in [0.717, 1.165) is 22.6 Å². The number of nitrogens with one attached hydrogen (secondary N) is 1. The molecular weight excluding hydrogens is 264 g/mol. The maximum Gasteiger partial charge on any atom is 0.228 e. The molecule has 0 heterocycles. The Morgan fingerprint density at radius 1 is 1.24 bits per heavy atom. The molecule has 3 N–H and O–H groups in total. The minimum absolute atomic E-state index is 0.0592. The van der Waals surface area contributed by atoms with Crippen LogP contribution in [0, 0.1) is 0 Å². The van der Waals surface area contributed by atoms with E-state index in [1.165, 1.54) is 0 Å². The molecule has 0 spiro atoms. The van der Waals surface area contributed by atoms with Crippen LogP contribution in [0.5, 0.6) is 5.75 Å². The Morgan fingerprint density at radius 2 is 2.00 bits per heavy atom. The predicted octanol–water partition coefficient (Wildman–Crippen LogP) is 2.90. The zero-order valence-corrected chi connectivity index (χ0v) is 12.3. The van der Waals surface area contributed by atoms with E-state index in [1.54, 1.807) is 7.11 Å². The van der Waals surface area contributed by atoms with E-state index in [9.17, 15) is 4.79 Å². The topological polar surface area (TPSA) is 64.3 Å². The maximum absolute atomic E-state index is 12.1. The number of carbonyl (C=O) groups excluding carboxylic acids is 1. The van der Waals surface area contributed by atoms with Crippen molar-refractivity contribution in [3.8, 4) is 5.75 Å². The van der Waals surface area contributed by atoms with Gasteiger partial charge in [-0.25, -0.2) is 0 Å². The van der Waals surface area contributed by atoms with Crippen molar-refractivity contribution < 1.29 is 9.53 Å². The average Bonchev–Trinajstić information content (AvgIpc) is 2.48. The Kier molecular flexibility index (Phi) is 4.95. The third-order valence-corrected chi connectivity index (χ3v) is 3.24. The Morgan fingerprint density at radius 3 is 2.71 bits per heavy atom. The average molecular weight is 284 g/mol. The summed E-state index contributed by atoms with van der Waals surface area (Å²) in [6.45, 7) is 1.91. The van der Waals surface area contributed by atoms with Crippen LogP contribution in [-0.2, 0) is 11.2 Å². The first-order valence-corrected chi connectivity index (χ1v) is 6.87.